The maximum Gasteiger partial charge on any atom is 0.174 e. The molecule has 3 N–H and O–H groups in total. The van der Waals surface area contributed by atoms with Crippen molar-refractivity contribution in [2.75, 3.05) is 11.1 Å². The van der Waals surface area contributed by atoms with Gasteiger partial charge in [-0.25, -0.2) is 0 Å². The van der Waals surface area contributed by atoms with Crippen molar-refractivity contribution >= 4 is 27.8 Å². The monoisotopic (exact) mass is 278 g/mol. The van der Waals surface area contributed by atoms with E-state index in [4.69, 9.17) is 5.73 Å². The van der Waals surface area contributed by atoms with Crippen molar-refractivity contribution in [3.63, 3.8) is 0 Å². The largest absolute Gasteiger partial charge is 0.397 e. The first-order chi connectivity index (χ1) is 9.01. The number of aryl methyl sites for hydroxylation is 2. The van der Waals surface area contributed by atoms with E-state index in [1.54, 1.807) is 4.68 Å². The summed E-state index contributed by atoms with van der Waals surface area (Å²) in [7, 11) is 1.90. The molecule has 0 atom stereocenters. The predicted octanol–water partition coefficient (Wildman–Crippen LogP) is 2.58. The molecule has 0 saturated carbocycles. The van der Waals surface area contributed by atoms with Crippen LogP contribution in [0.25, 0.3) is 0 Å². The second-order valence-corrected chi connectivity index (χ2v) is 5.49. The van der Waals surface area contributed by atoms with Crippen LogP contribution in [0.3, 0.4) is 0 Å². The summed E-state index contributed by atoms with van der Waals surface area (Å²) in [4.78, 5) is 12.3. The molecule has 0 bridgehead atoms. The predicted molar refractivity (Wildman–Crippen MR) is 78.6 cm³/mol. The molecule has 102 valence electrons. The highest BCUT2D eigenvalue weighted by molar-refractivity contribution is 7.18. The van der Waals surface area contributed by atoms with Gasteiger partial charge in [0.2, 0.25) is 0 Å². The van der Waals surface area contributed by atoms with E-state index < -0.39 is 0 Å². The SMILES string of the molecule is CCC(=O)c1sc(NCc2cn(C)nc2C)cc1N. The van der Waals surface area contributed by atoms with Crippen LogP contribution in [0.2, 0.25) is 0 Å². The third kappa shape index (κ3) is 2.96. The van der Waals surface area contributed by atoms with Crippen LogP contribution in [-0.4, -0.2) is 15.6 Å². The van der Waals surface area contributed by atoms with Gasteiger partial charge in [0.15, 0.2) is 5.78 Å². The van der Waals surface area contributed by atoms with Crippen LogP contribution in [0, 0.1) is 6.92 Å². The molecule has 0 spiro atoms. The molecule has 0 radical (unpaired) electrons. The summed E-state index contributed by atoms with van der Waals surface area (Å²) < 4.78 is 1.79. The van der Waals surface area contributed by atoms with Gasteiger partial charge in [-0.2, -0.15) is 5.10 Å². The fourth-order valence-corrected chi connectivity index (χ4v) is 2.86. The van der Waals surface area contributed by atoms with Gasteiger partial charge in [-0.05, 0) is 13.0 Å². The van der Waals surface area contributed by atoms with Gasteiger partial charge in [-0.1, -0.05) is 6.92 Å². The first kappa shape index (κ1) is 13.6. The third-order valence-corrected chi connectivity index (χ3v) is 4.05. The van der Waals surface area contributed by atoms with Gasteiger partial charge in [-0.3, -0.25) is 9.48 Å². The van der Waals surface area contributed by atoms with E-state index in [1.165, 1.54) is 11.3 Å². The van der Waals surface area contributed by atoms with E-state index in [0.717, 1.165) is 16.3 Å². The van der Waals surface area contributed by atoms with Gasteiger partial charge in [-0.15, -0.1) is 11.3 Å². The Hall–Kier alpha value is -1.82. The number of thiophene rings is 1. The second-order valence-electron chi connectivity index (χ2n) is 4.44. The molecule has 0 fully saturated rings. The van der Waals surface area contributed by atoms with E-state index in [-0.39, 0.29) is 5.78 Å². The van der Waals surface area contributed by atoms with Gasteiger partial charge in [0.25, 0.3) is 0 Å². The molecular formula is C13H18N4OS. The Morgan fingerprint density at radius 3 is 2.89 bits per heavy atom. The fraction of sp³-hybridized carbons (Fsp3) is 0.385. The summed E-state index contributed by atoms with van der Waals surface area (Å²) in [6.07, 6.45) is 2.46. The van der Waals surface area contributed by atoms with Crippen molar-refractivity contribution in [1.82, 2.24) is 9.78 Å². The third-order valence-electron chi connectivity index (χ3n) is 2.90. The molecule has 2 rings (SSSR count). The number of carbonyl (C=O) groups excluding carboxylic acids is 1. The summed E-state index contributed by atoms with van der Waals surface area (Å²) in [5.41, 5.74) is 8.55. The normalized spacial score (nSPS) is 10.7. The van der Waals surface area contributed by atoms with E-state index in [9.17, 15) is 4.79 Å². The highest BCUT2D eigenvalue weighted by Gasteiger charge is 2.13. The van der Waals surface area contributed by atoms with Crippen molar-refractivity contribution in [3.05, 3.63) is 28.4 Å². The molecule has 2 aromatic rings. The zero-order valence-electron chi connectivity index (χ0n) is 11.4. The maximum atomic E-state index is 11.7. The smallest absolute Gasteiger partial charge is 0.174 e. The summed E-state index contributed by atoms with van der Waals surface area (Å²) >= 11 is 1.41. The lowest BCUT2D eigenvalue weighted by atomic mass is 10.2. The minimum atomic E-state index is 0.0908. The van der Waals surface area contributed by atoms with Crippen molar-refractivity contribution in [1.29, 1.82) is 0 Å². The minimum Gasteiger partial charge on any atom is -0.397 e. The fourth-order valence-electron chi connectivity index (χ4n) is 1.88. The quantitative estimate of drug-likeness (QED) is 0.824. The average Bonchev–Trinajstić information content (AvgIpc) is 2.88. The molecule has 0 unspecified atom stereocenters. The van der Waals surface area contributed by atoms with Gasteiger partial charge in [0.05, 0.1) is 21.3 Å². The number of aromatic nitrogens is 2. The van der Waals surface area contributed by atoms with Crippen molar-refractivity contribution < 1.29 is 4.79 Å². The zero-order valence-corrected chi connectivity index (χ0v) is 12.2. The van der Waals surface area contributed by atoms with E-state index in [0.29, 0.717) is 23.5 Å². The number of nitrogens with one attached hydrogen (secondary N) is 1. The van der Waals surface area contributed by atoms with Crippen molar-refractivity contribution in [2.45, 2.75) is 26.8 Å². The molecule has 0 aliphatic rings. The van der Waals surface area contributed by atoms with Crippen LogP contribution in [0.15, 0.2) is 12.3 Å². The first-order valence-electron chi connectivity index (χ1n) is 6.16. The van der Waals surface area contributed by atoms with E-state index in [1.807, 2.05) is 33.2 Å². The first-order valence-corrected chi connectivity index (χ1v) is 6.98. The van der Waals surface area contributed by atoms with Crippen LogP contribution in [-0.2, 0) is 13.6 Å². The van der Waals surface area contributed by atoms with Gasteiger partial charge < -0.3 is 11.1 Å². The maximum absolute atomic E-state index is 11.7. The summed E-state index contributed by atoms with van der Waals surface area (Å²) in [5, 5.41) is 8.49. The lowest BCUT2D eigenvalue weighted by Crippen LogP contribution is -1.97. The minimum absolute atomic E-state index is 0.0908. The lowest BCUT2D eigenvalue weighted by Gasteiger charge is -2.01. The van der Waals surface area contributed by atoms with E-state index in [2.05, 4.69) is 10.4 Å². The number of nitrogens with zero attached hydrogens (tertiary/aromatic N) is 2. The van der Waals surface area contributed by atoms with Crippen LogP contribution in [0.4, 0.5) is 10.7 Å². The van der Waals surface area contributed by atoms with Gasteiger partial charge >= 0.3 is 0 Å². The molecule has 0 aliphatic heterocycles. The number of carbonyl (C=O) groups is 1. The molecule has 2 aromatic heterocycles. The molecule has 0 amide bonds. The highest BCUT2D eigenvalue weighted by atomic mass is 32.1. The molecule has 5 nitrogen and oxygen atoms in total. The van der Waals surface area contributed by atoms with Gasteiger partial charge in [0, 0.05) is 31.8 Å². The summed E-state index contributed by atoms with van der Waals surface area (Å²) in [6.45, 7) is 4.50. The number of ketones is 1. The Bertz CT molecular complexity index is 600. The molecule has 2 heterocycles. The Kier molecular flexibility index (Phi) is 3.90. The molecule has 0 saturated heterocycles. The summed E-state index contributed by atoms with van der Waals surface area (Å²) in [5.74, 6) is 0.0908. The molecule has 6 heteroatoms. The standard InChI is InChI=1S/C13H18N4OS/c1-4-11(18)13-10(14)5-12(19-13)15-6-9-7-17(3)16-8(9)2/h5,7,15H,4,6,14H2,1-3H3. The molecule has 0 aliphatic carbocycles. The number of hydrogen-bond donors (Lipinski definition) is 2. The summed E-state index contributed by atoms with van der Waals surface area (Å²) in [6, 6.07) is 1.82. The zero-order chi connectivity index (χ0) is 14.0. The number of Topliss-reactive ketones (excluding diaryl/α,β-unsaturated/α-hetero) is 1. The van der Waals surface area contributed by atoms with E-state index >= 15 is 0 Å². The number of nitrogens with two attached hydrogens (primary N) is 1. The Labute approximate surface area is 116 Å². The topological polar surface area (TPSA) is 72.9 Å². The van der Waals surface area contributed by atoms with Gasteiger partial charge in [0.1, 0.15) is 0 Å². The van der Waals surface area contributed by atoms with Crippen molar-refractivity contribution in [2.24, 2.45) is 7.05 Å². The number of hydrogen-bond acceptors (Lipinski definition) is 5. The number of anilines is 2. The lowest BCUT2D eigenvalue weighted by molar-refractivity contribution is 0.0993. The Balaban J connectivity index is 2.08. The Morgan fingerprint density at radius 2 is 2.32 bits per heavy atom. The number of nitrogen functional groups attached to an aromatic ring is 1. The molecule has 0 aromatic carbocycles. The Morgan fingerprint density at radius 1 is 1.58 bits per heavy atom. The average molecular weight is 278 g/mol. The van der Waals surface area contributed by atoms with Crippen LogP contribution in [0.5, 0.6) is 0 Å². The molecule has 19 heavy (non-hydrogen) atoms. The molecular weight excluding hydrogens is 260 g/mol. The second kappa shape index (κ2) is 5.44. The van der Waals surface area contributed by atoms with Crippen LogP contribution < -0.4 is 11.1 Å². The highest BCUT2D eigenvalue weighted by Crippen LogP contribution is 2.30. The number of rotatable bonds is 5. The van der Waals surface area contributed by atoms with Crippen molar-refractivity contribution in [3.8, 4) is 0 Å². The van der Waals surface area contributed by atoms with Crippen LogP contribution >= 0.6 is 11.3 Å². The van der Waals surface area contributed by atoms with Crippen LogP contribution in [0.1, 0.15) is 34.3 Å².